The van der Waals surface area contributed by atoms with Crippen LogP contribution < -0.4 is 11.1 Å². The maximum Gasteiger partial charge on any atom is 0.246 e. The van der Waals surface area contributed by atoms with Gasteiger partial charge in [0.05, 0.1) is 6.10 Å². The molecule has 0 spiro atoms. The topological polar surface area (TPSA) is 64.3 Å². The van der Waals surface area contributed by atoms with Gasteiger partial charge in [0, 0.05) is 11.6 Å². The number of carbonyl (C=O) groups excluding carboxylic acids is 1. The number of ether oxygens (including phenoxy) is 1. The second kappa shape index (κ2) is 6.36. The molecule has 0 heterocycles. The average Bonchev–Trinajstić information content (AvgIpc) is 2.27. The van der Waals surface area contributed by atoms with E-state index in [1.165, 1.54) is 6.42 Å². The Bertz CT molecular complexity index is 254. The van der Waals surface area contributed by atoms with Gasteiger partial charge in [0.2, 0.25) is 5.91 Å². The lowest BCUT2D eigenvalue weighted by atomic mass is 9.93. The first-order valence-corrected chi connectivity index (χ1v) is 6.63. The molecule has 2 unspecified atom stereocenters. The molecule has 100 valence electrons. The maximum absolute atomic E-state index is 11.7. The molecule has 1 amide bonds. The first-order chi connectivity index (χ1) is 7.94. The van der Waals surface area contributed by atoms with Gasteiger partial charge in [-0.2, -0.15) is 0 Å². The molecule has 4 nitrogen and oxygen atoms in total. The molecule has 0 aromatic rings. The van der Waals surface area contributed by atoms with Crippen LogP contribution in [0.5, 0.6) is 0 Å². The lowest BCUT2D eigenvalue weighted by molar-refractivity contribution is -0.130. The van der Waals surface area contributed by atoms with Crippen LogP contribution in [-0.4, -0.2) is 30.2 Å². The van der Waals surface area contributed by atoms with E-state index in [-0.39, 0.29) is 30.2 Å². The van der Waals surface area contributed by atoms with E-state index in [1.807, 2.05) is 13.8 Å². The summed E-state index contributed by atoms with van der Waals surface area (Å²) < 4.78 is 5.61. The monoisotopic (exact) mass is 242 g/mol. The molecule has 0 aromatic heterocycles. The zero-order chi connectivity index (χ0) is 12.9. The number of carbonyl (C=O) groups is 1. The molecular formula is C13H26N2O2. The Balaban J connectivity index is 2.27. The maximum atomic E-state index is 11.7. The minimum absolute atomic E-state index is 0.0466. The van der Waals surface area contributed by atoms with Crippen LogP contribution >= 0.6 is 0 Å². The number of rotatable bonds is 5. The number of amides is 1. The van der Waals surface area contributed by atoms with Crippen molar-refractivity contribution in [3.8, 4) is 0 Å². The van der Waals surface area contributed by atoms with Gasteiger partial charge < -0.3 is 15.8 Å². The number of hydrogen-bond acceptors (Lipinski definition) is 3. The van der Waals surface area contributed by atoms with Gasteiger partial charge in [-0.3, -0.25) is 4.79 Å². The van der Waals surface area contributed by atoms with E-state index in [0.29, 0.717) is 0 Å². The van der Waals surface area contributed by atoms with Gasteiger partial charge in [-0.1, -0.05) is 19.8 Å². The Hall–Kier alpha value is -0.610. The van der Waals surface area contributed by atoms with E-state index >= 15 is 0 Å². The highest BCUT2D eigenvalue weighted by atomic mass is 16.5. The van der Waals surface area contributed by atoms with Crippen molar-refractivity contribution in [1.29, 1.82) is 0 Å². The van der Waals surface area contributed by atoms with E-state index in [1.54, 1.807) is 0 Å². The molecule has 1 saturated carbocycles. The van der Waals surface area contributed by atoms with Gasteiger partial charge in [-0.15, -0.1) is 0 Å². The average molecular weight is 242 g/mol. The zero-order valence-corrected chi connectivity index (χ0v) is 11.3. The highest BCUT2D eigenvalue weighted by Gasteiger charge is 2.24. The van der Waals surface area contributed by atoms with Crippen molar-refractivity contribution >= 4 is 5.91 Å². The van der Waals surface area contributed by atoms with E-state index in [9.17, 15) is 4.79 Å². The molecule has 0 radical (unpaired) electrons. The van der Waals surface area contributed by atoms with Crippen molar-refractivity contribution in [3.63, 3.8) is 0 Å². The van der Waals surface area contributed by atoms with Crippen LogP contribution in [0.4, 0.5) is 0 Å². The van der Waals surface area contributed by atoms with Gasteiger partial charge in [0.25, 0.3) is 0 Å². The van der Waals surface area contributed by atoms with Crippen LogP contribution in [0.15, 0.2) is 0 Å². The first-order valence-electron chi connectivity index (χ1n) is 6.63. The third-order valence-corrected chi connectivity index (χ3v) is 3.54. The number of hydrogen-bond donors (Lipinski definition) is 2. The fourth-order valence-corrected chi connectivity index (χ4v) is 2.02. The van der Waals surface area contributed by atoms with Gasteiger partial charge in [-0.25, -0.2) is 0 Å². The summed E-state index contributed by atoms with van der Waals surface area (Å²) in [4.78, 5) is 11.7. The Labute approximate surface area is 104 Å². The van der Waals surface area contributed by atoms with Crippen molar-refractivity contribution < 1.29 is 9.53 Å². The smallest absolute Gasteiger partial charge is 0.246 e. The third-order valence-electron chi connectivity index (χ3n) is 3.54. The molecule has 1 rings (SSSR count). The molecule has 4 heteroatoms. The molecule has 1 aliphatic carbocycles. The van der Waals surface area contributed by atoms with Crippen molar-refractivity contribution in [2.45, 2.75) is 70.6 Å². The predicted molar refractivity (Wildman–Crippen MR) is 68.7 cm³/mol. The van der Waals surface area contributed by atoms with Crippen molar-refractivity contribution in [2.75, 3.05) is 6.61 Å². The molecule has 1 fully saturated rings. The Kier molecular flexibility index (Phi) is 5.40. The van der Waals surface area contributed by atoms with Gasteiger partial charge in [0.15, 0.2) is 0 Å². The molecule has 0 aliphatic heterocycles. The van der Waals surface area contributed by atoms with Crippen LogP contribution in [-0.2, 0) is 9.53 Å². The second-order valence-corrected chi connectivity index (χ2v) is 5.58. The summed E-state index contributed by atoms with van der Waals surface area (Å²) in [5.74, 6) is -0.0466. The number of nitrogens with one attached hydrogen (secondary N) is 1. The summed E-state index contributed by atoms with van der Waals surface area (Å²) in [6, 6.07) is 0.0933. The Morgan fingerprint density at radius 1 is 1.41 bits per heavy atom. The van der Waals surface area contributed by atoms with Gasteiger partial charge in [-0.05, 0) is 33.1 Å². The van der Waals surface area contributed by atoms with E-state index in [0.717, 1.165) is 25.7 Å². The van der Waals surface area contributed by atoms with Crippen LogP contribution in [0, 0.1) is 0 Å². The summed E-state index contributed by atoms with van der Waals surface area (Å²) in [5.41, 5.74) is 5.80. The number of nitrogens with two attached hydrogens (primary N) is 1. The summed E-state index contributed by atoms with van der Waals surface area (Å²) in [5, 5.41) is 2.96. The van der Waals surface area contributed by atoms with Crippen LogP contribution in [0.3, 0.4) is 0 Å². The minimum atomic E-state index is -0.158. The Morgan fingerprint density at radius 3 is 2.65 bits per heavy atom. The third kappa shape index (κ3) is 5.04. The van der Waals surface area contributed by atoms with Crippen LogP contribution in [0.1, 0.15) is 52.9 Å². The van der Waals surface area contributed by atoms with E-state index in [2.05, 4.69) is 12.2 Å². The molecule has 1 aliphatic rings. The van der Waals surface area contributed by atoms with E-state index in [4.69, 9.17) is 10.5 Å². The fourth-order valence-electron chi connectivity index (χ4n) is 2.02. The van der Waals surface area contributed by atoms with E-state index < -0.39 is 0 Å². The van der Waals surface area contributed by atoms with Gasteiger partial charge in [0.1, 0.15) is 6.61 Å². The molecule has 0 aromatic carbocycles. The first kappa shape index (κ1) is 14.5. The standard InChI is InChI=1S/C13H26N2O2/c1-4-13(2,3)15-12(16)9-17-11-8-6-5-7-10(11)14/h10-11H,4-9,14H2,1-3H3,(H,15,16). The zero-order valence-electron chi connectivity index (χ0n) is 11.3. The molecule has 0 saturated heterocycles. The summed E-state index contributed by atoms with van der Waals surface area (Å²) in [6.45, 7) is 6.20. The summed E-state index contributed by atoms with van der Waals surface area (Å²) in [7, 11) is 0. The molecule has 3 N–H and O–H groups in total. The molecule has 2 atom stereocenters. The van der Waals surface area contributed by atoms with Crippen molar-refractivity contribution in [2.24, 2.45) is 5.73 Å². The minimum Gasteiger partial charge on any atom is -0.367 e. The van der Waals surface area contributed by atoms with Crippen molar-refractivity contribution in [1.82, 2.24) is 5.32 Å². The van der Waals surface area contributed by atoms with Crippen molar-refractivity contribution in [3.05, 3.63) is 0 Å². The highest BCUT2D eigenvalue weighted by Crippen LogP contribution is 2.19. The normalized spacial score (nSPS) is 25.6. The second-order valence-electron chi connectivity index (χ2n) is 5.58. The largest absolute Gasteiger partial charge is 0.367 e. The van der Waals surface area contributed by atoms with Crippen LogP contribution in [0.25, 0.3) is 0 Å². The lowest BCUT2D eigenvalue weighted by Crippen LogP contribution is -2.46. The molecular weight excluding hydrogens is 216 g/mol. The Morgan fingerprint density at radius 2 is 2.06 bits per heavy atom. The predicted octanol–water partition coefficient (Wildman–Crippen LogP) is 1.58. The summed E-state index contributed by atoms with van der Waals surface area (Å²) >= 11 is 0. The summed E-state index contributed by atoms with van der Waals surface area (Å²) in [6.07, 6.45) is 5.27. The van der Waals surface area contributed by atoms with Crippen LogP contribution in [0.2, 0.25) is 0 Å². The molecule has 0 bridgehead atoms. The highest BCUT2D eigenvalue weighted by molar-refractivity contribution is 5.77. The molecule has 17 heavy (non-hydrogen) atoms. The van der Waals surface area contributed by atoms with Gasteiger partial charge >= 0.3 is 0 Å². The lowest BCUT2D eigenvalue weighted by Gasteiger charge is -2.29. The SMILES string of the molecule is CCC(C)(C)NC(=O)COC1CCCCC1N. The fraction of sp³-hybridized carbons (Fsp3) is 0.923. The quantitative estimate of drug-likeness (QED) is 0.769.